The molecule has 0 spiro atoms. The maximum absolute atomic E-state index is 5.14. The topological polar surface area (TPSA) is 31.6 Å². The van der Waals surface area contributed by atoms with Crippen molar-refractivity contribution in [2.24, 2.45) is 0 Å². The Balaban J connectivity index is 2.65. The number of H-pyrrole nitrogens is 2. The predicted octanol–water partition coefficient (Wildman–Crippen LogP) is 4.11. The van der Waals surface area contributed by atoms with Crippen molar-refractivity contribution in [2.75, 3.05) is 0 Å². The van der Waals surface area contributed by atoms with Crippen LogP contribution in [0.5, 0.6) is 0 Å². The zero-order valence-corrected chi connectivity index (χ0v) is 9.91. The molecule has 0 aliphatic rings. The normalized spacial score (nSPS) is 11.0. The van der Waals surface area contributed by atoms with Crippen molar-refractivity contribution < 1.29 is 0 Å². The van der Waals surface area contributed by atoms with E-state index in [4.69, 9.17) is 24.4 Å². The third-order valence-corrected chi connectivity index (χ3v) is 3.07. The monoisotopic (exact) mass is 244 g/mol. The number of fused-ring (bicyclic) bond motifs is 3. The molecule has 0 fully saturated rings. The lowest BCUT2D eigenvalue weighted by molar-refractivity contribution is 1.34. The van der Waals surface area contributed by atoms with Gasteiger partial charge in [0.2, 0.25) is 0 Å². The van der Waals surface area contributed by atoms with E-state index < -0.39 is 0 Å². The van der Waals surface area contributed by atoms with Crippen LogP contribution in [0.25, 0.3) is 21.8 Å². The summed E-state index contributed by atoms with van der Waals surface area (Å²) in [6.45, 7) is 0. The summed E-state index contributed by atoms with van der Waals surface area (Å²) in [7, 11) is 0. The molecule has 0 radical (unpaired) electrons. The van der Waals surface area contributed by atoms with Gasteiger partial charge in [0.05, 0.1) is 11.0 Å². The summed E-state index contributed by atoms with van der Waals surface area (Å²) in [6, 6.07) is 11.9. The average Bonchev–Trinajstić information content (AvgIpc) is 2.29. The fourth-order valence-electron chi connectivity index (χ4n) is 1.84. The van der Waals surface area contributed by atoms with Crippen LogP contribution in [-0.4, -0.2) is 9.97 Å². The zero-order chi connectivity index (χ0) is 11.1. The van der Waals surface area contributed by atoms with Crippen molar-refractivity contribution in [1.29, 1.82) is 0 Å². The average molecular weight is 244 g/mol. The molecule has 0 aliphatic heterocycles. The molecule has 1 aromatic carbocycles. The highest BCUT2D eigenvalue weighted by Crippen LogP contribution is 2.21. The van der Waals surface area contributed by atoms with E-state index in [-0.39, 0.29) is 0 Å². The van der Waals surface area contributed by atoms with E-state index in [9.17, 15) is 0 Å². The van der Waals surface area contributed by atoms with Crippen molar-refractivity contribution in [3.8, 4) is 0 Å². The first-order chi connectivity index (χ1) is 7.74. The second-order valence-corrected chi connectivity index (χ2v) is 4.52. The van der Waals surface area contributed by atoms with Crippen molar-refractivity contribution in [1.82, 2.24) is 9.97 Å². The standard InChI is InChI=1S/C12H8N2S2/c15-9-5-3-7-1-2-8-4-6-10(16)14-12(8)11(7)13-9/h1-6H,(H,13,15)(H,14,16). The number of rotatable bonds is 0. The first-order valence-corrected chi connectivity index (χ1v) is 5.71. The van der Waals surface area contributed by atoms with Gasteiger partial charge in [0.25, 0.3) is 0 Å². The molecule has 2 heterocycles. The van der Waals surface area contributed by atoms with Crippen molar-refractivity contribution >= 4 is 46.2 Å². The highest BCUT2D eigenvalue weighted by molar-refractivity contribution is 7.71. The Morgan fingerprint density at radius 2 is 1.00 bits per heavy atom. The number of benzene rings is 1. The number of pyridine rings is 2. The van der Waals surface area contributed by atoms with Crippen LogP contribution < -0.4 is 0 Å². The Hall–Kier alpha value is -1.52. The number of hydrogen-bond acceptors (Lipinski definition) is 2. The molecule has 16 heavy (non-hydrogen) atoms. The van der Waals surface area contributed by atoms with Crippen LogP contribution >= 0.6 is 24.4 Å². The van der Waals surface area contributed by atoms with E-state index in [2.05, 4.69) is 22.1 Å². The van der Waals surface area contributed by atoms with Crippen LogP contribution in [-0.2, 0) is 0 Å². The van der Waals surface area contributed by atoms with Crippen LogP contribution in [0.2, 0.25) is 0 Å². The molecule has 2 aromatic heterocycles. The maximum atomic E-state index is 5.14. The molecule has 3 aromatic rings. The Morgan fingerprint density at radius 3 is 1.44 bits per heavy atom. The predicted molar refractivity (Wildman–Crippen MR) is 71.8 cm³/mol. The lowest BCUT2D eigenvalue weighted by Crippen LogP contribution is -1.85. The highest BCUT2D eigenvalue weighted by Gasteiger charge is 2.00. The van der Waals surface area contributed by atoms with Gasteiger partial charge in [-0.25, -0.2) is 0 Å². The van der Waals surface area contributed by atoms with Gasteiger partial charge >= 0.3 is 0 Å². The molecular weight excluding hydrogens is 236 g/mol. The minimum atomic E-state index is 0.725. The molecule has 78 valence electrons. The fourth-order valence-corrected chi connectivity index (χ4v) is 2.18. The molecule has 0 saturated carbocycles. The number of aromatic amines is 2. The minimum absolute atomic E-state index is 0.725. The summed E-state index contributed by atoms with van der Waals surface area (Å²) >= 11 is 10.3. The molecule has 0 atom stereocenters. The van der Waals surface area contributed by atoms with Crippen molar-refractivity contribution in [3.05, 3.63) is 45.7 Å². The molecule has 4 heteroatoms. The Labute approximate surface area is 102 Å². The van der Waals surface area contributed by atoms with Gasteiger partial charge in [0, 0.05) is 10.8 Å². The number of hydrogen-bond donors (Lipinski definition) is 2. The fraction of sp³-hybridized carbons (Fsp3) is 0. The molecule has 0 saturated heterocycles. The third kappa shape index (κ3) is 1.47. The van der Waals surface area contributed by atoms with Gasteiger partial charge in [-0.15, -0.1) is 0 Å². The van der Waals surface area contributed by atoms with E-state index in [1.165, 1.54) is 0 Å². The summed E-state index contributed by atoms with van der Waals surface area (Å²) in [5.41, 5.74) is 2.02. The van der Waals surface area contributed by atoms with E-state index in [0.717, 1.165) is 31.1 Å². The molecule has 2 N–H and O–H groups in total. The van der Waals surface area contributed by atoms with Gasteiger partial charge in [-0.2, -0.15) is 0 Å². The van der Waals surface area contributed by atoms with Crippen LogP contribution in [0.1, 0.15) is 0 Å². The summed E-state index contributed by atoms with van der Waals surface area (Å²) < 4.78 is 1.45. The molecule has 0 bridgehead atoms. The number of aromatic nitrogens is 2. The van der Waals surface area contributed by atoms with Crippen LogP contribution in [0, 0.1) is 9.28 Å². The van der Waals surface area contributed by atoms with Gasteiger partial charge in [-0.1, -0.05) is 36.6 Å². The smallest absolute Gasteiger partial charge is 0.103 e. The largest absolute Gasteiger partial charge is 0.344 e. The quantitative estimate of drug-likeness (QED) is 0.460. The zero-order valence-electron chi connectivity index (χ0n) is 8.28. The first kappa shape index (κ1) is 9.69. The maximum Gasteiger partial charge on any atom is 0.103 e. The van der Waals surface area contributed by atoms with Gasteiger partial charge in [0.15, 0.2) is 0 Å². The lowest BCUT2D eigenvalue weighted by atomic mass is 10.1. The van der Waals surface area contributed by atoms with Crippen LogP contribution in [0.3, 0.4) is 0 Å². The third-order valence-electron chi connectivity index (χ3n) is 2.59. The highest BCUT2D eigenvalue weighted by atomic mass is 32.1. The Bertz CT molecular complexity index is 730. The van der Waals surface area contributed by atoms with E-state index in [1.807, 2.05) is 24.3 Å². The van der Waals surface area contributed by atoms with Gasteiger partial charge < -0.3 is 9.97 Å². The van der Waals surface area contributed by atoms with Gasteiger partial charge in [-0.05, 0) is 24.3 Å². The summed E-state index contributed by atoms with van der Waals surface area (Å²) in [5.74, 6) is 0. The SMILES string of the molecule is S=c1ccc2ccc3ccc(=S)[nH]c3c2[nH]1. The molecule has 2 nitrogen and oxygen atoms in total. The summed E-state index contributed by atoms with van der Waals surface area (Å²) in [4.78, 5) is 6.39. The second kappa shape index (κ2) is 3.50. The summed E-state index contributed by atoms with van der Waals surface area (Å²) in [6.07, 6.45) is 0. The Kier molecular flexibility index (Phi) is 2.12. The van der Waals surface area contributed by atoms with Crippen LogP contribution in [0.15, 0.2) is 36.4 Å². The van der Waals surface area contributed by atoms with E-state index in [0.29, 0.717) is 0 Å². The number of nitrogens with one attached hydrogen (secondary N) is 2. The van der Waals surface area contributed by atoms with E-state index >= 15 is 0 Å². The van der Waals surface area contributed by atoms with Gasteiger partial charge in [0.1, 0.15) is 9.28 Å². The minimum Gasteiger partial charge on any atom is -0.344 e. The molecule has 0 amide bonds. The van der Waals surface area contributed by atoms with Gasteiger partial charge in [-0.3, -0.25) is 0 Å². The molecule has 0 unspecified atom stereocenters. The molecular formula is C12H8N2S2. The van der Waals surface area contributed by atoms with Crippen molar-refractivity contribution in [3.63, 3.8) is 0 Å². The first-order valence-electron chi connectivity index (χ1n) is 4.89. The lowest BCUT2D eigenvalue weighted by Gasteiger charge is -2.03. The summed E-state index contributed by atoms with van der Waals surface area (Å²) in [5, 5.41) is 2.25. The van der Waals surface area contributed by atoms with Crippen LogP contribution in [0.4, 0.5) is 0 Å². The van der Waals surface area contributed by atoms with E-state index in [1.54, 1.807) is 0 Å². The second-order valence-electron chi connectivity index (χ2n) is 3.64. The Morgan fingerprint density at radius 1 is 0.625 bits per heavy atom. The molecule has 3 rings (SSSR count). The molecule has 0 aliphatic carbocycles. The van der Waals surface area contributed by atoms with Crippen molar-refractivity contribution in [2.45, 2.75) is 0 Å².